The topological polar surface area (TPSA) is 55.8 Å². The van der Waals surface area contributed by atoms with E-state index in [1.54, 1.807) is 0 Å². The molecule has 0 radical (unpaired) electrons. The minimum atomic E-state index is -0.451. The maximum absolute atomic E-state index is 11.5. The van der Waals surface area contributed by atoms with Crippen LogP contribution >= 0.6 is 0 Å². The van der Waals surface area contributed by atoms with Gasteiger partial charge in [-0.15, -0.1) is 0 Å². The van der Waals surface area contributed by atoms with Crippen LogP contribution in [0.4, 0.5) is 0 Å². The fraction of sp³-hybridized carbons (Fsp3) is 0.417. The van der Waals surface area contributed by atoms with Crippen LogP contribution in [0, 0.1) is 0 Å². The number of fused-ring (bicyclic) bond motifs is 1. The van der Waals surface area contributed by atoms with Crippen molar-refractivity contribution in [3.8, 4) is 11.5 Å². The van der Waals surface area contributed by atoms with Crippen molar-refractivity contribution in [3.63, 3.8) is 0 Å². The van der Waals surface area contributed by atoms with Crippen molar-refractivity contribution >= 4 is 5.97 Å². The number of phenols is 1. The molecule has 2 rings (SSSR count). The summed E-state index contributed by atoms with van der Waals surface area (Å²) in [7, 11) is 1.32. The molecule has 0 aromatic heterocycles. The molecule has 1 aromatic rings. The van der Waals surface area contributed by atoms with Crippen LogP contribution in [-0.4, -0.2) is 23.8 Å². The lowest BCUT2D eigenvalue weighted by Gasteiger charge is -2.16. The lowest BCUT2D eigenvalue weighted by atomic mass is 9.97. The van der Waals surface area contributed by atoms with Gasteiger partial charge in [0, 0.05) is 18.1 Å². The second kappa shape index (κ2) is 3.40. The van der Waals surface area contributed by atoms with E-state index in [0.29, 0.717) is 17.7 Å². The molecule has 0 fully saturated rings. The highest BCUT2D eigenvalue weighted by atomic mass is 16.5. The smallest absolute Gasteiger partial charge is 0.338 e. The standard InChI is InChI=1S/C12H14O4/c1-12(2)6-9-8(11(14)15-3)4-7(13)5-10(9)16-12/h4-5,13H,6H2,1-3H3. The van der Waals surface area contributed by atoms with Gasteiger partial charge in [0.05, 0.1) is 12.7 Å². The molecule has 0 saturated heterocycles. The summed E-state index contributed by atoms with van der Waals surface area (Å²) in [5, 5.41) is 9.50. The number of hydrogen-bond acceptors (Lipinski definition) is 4. The highest BCUT2D eigenvalue weighted by Gasteiger charge is 2.34. The summed E-state index contributed by atoms with van der Waals surface area (Å²) < 4.78 is 10.3. The van der Waals surface area contributed by atoms with Gasteiger partial charge < -0.3 is 14.6 Å². The number of methoxy groups -OCH3 is 1. The van der Waals surface area contributed by atoms with Gasteiger partial charge in [0.1, 0.15) is 17.1 Å². The summed E-state index contributed by atoms with van der Waals surface area (Å²) in [5.74, 6) is 0.121. The van der Waals surface area contributed by atoms with Crippen LogP contribution in [0.25, 0.3) is 0 Å². The first kappa shape index (κ1) is 10.8. The zero-order valence-corrected chi connectivity index (χ0v) is 9.53. The minimum Gasteiger partial charge on any atom is -0.508 e. The van der Waals surface area contributed by atoms with E-state index in [4.69, 9.17) is 4.74 Å². The number of hydrogen-bond donors (Lipinski definition) is 1. The minimum absolute atomic E-state index is 0.0110. The second-order valence-electron chi connectivity index (χ2n) is 4.50. The van der Waals surface area contributed by atoms with Crippen LogP contribution in [0.1, 0.15) is 29.8 Å². The maximum atomic E-state index is 11.5. The summed E-state index contributed by atoms with van der Waals surface area (Å²) >= 11 is 0. The van der Waals surface area contributed by atoms with Crippen LogP contribution in [-0.2, 0) is 11.2 Å². The van der Waals surface area contributed by atoms with Gasteiger partial charge in [-0.25, -0.2) is 4.79 Å². The van der Waals surface area contributed by atoms with Crippen LogP contribution in [0.2, 0.25) is 0 Å². The maximum Gasteiger partial charge on any atom is 0.338 e. The van der Waals surface area contributed by atoms with Crippen LogP contribution in [0.15, 0.2) is 12.1 Å². The Balaban J connectivity index is 2.53. The first-order valence-electron chi connectivity index (χ1n) is 5.06. The van der Waals surface area contributed by atoms with E-state index in [1.807, 2.05) is 13.8 Å². The molecule has 1 aromatic carbocycles. The fourth-order valence-corrected chi connectivity index (χ4v) is 1.96. The Bertz CT molecular complexity index is 449. The predicted molar refractivity (Wildman–Crippen MR) is 57.9 cm³/mol. The van der Waals surface area contributed by atoms with E-state index in [2.05, 4.69) is 4.74 Å². The van der Waals surface area contributed by atoms with Crippen molar-refractivity contribution in [1.29, 1.82) is 0 Å². The summed E-state index contributed by atoms with van der Waals surface area (Å²) in [5.41, 5.74) is 0.830. The molecule has 16 heavy (non-hydrogen) atoms. The number of ether oxygens (including phenoxy) is 2. The van der Waals surface area contributed by atoms with E-state index in [9.17, 15) is 9.90 Å². The molecule has 1 aliphatic rings. The molecule has 1 aliphatic heterocycles. The van der Waals surface area contributed by atoms with Crippen molar-refractivity contribution in [1.82, 2.24) is 0 Å². The van der Waals surface area contributed by atoms with E-state index < -0.39 is 5.97 Å². The van der Waals surface area contributed by atoms with Crippen molar-refractivity contribution in [2.45, 2.75) is 25.9 Å². The Kier molecular flexibility index (Phi) is 2.30. The SMILES string of the molecule is COC(=O)c1cc(O)cc2c1CC(C)(C)O2. The largest absolute Gasteiger partial charge is 0.508 e. The fourth-order valence-electron chi connectivity index (χ4n) is 1.96. The van der Waals surface area contributed by atoms with Gasteiger partial charge in [-0.1, -0.05) is 0 Å². The van der Waals surface area contributed by atoms with Crippen LogP contribution in [0.3, 0.4) is 0 Å². The lowest BCUT2D eigenvalue weighted by Crippen LogP contribution is -2.25. The number of aromatic hydroxyl groups is 1. The number of phenolic OH excluding ortho intramolecular Hbond substituents is 1. The Morgan fingerprint density at radius 1 is 1.50 bits per heavy atom. The van der Waals surface area contributed by atoms with Gasteiger partial charge in [0.15, 0.2) is 0 Å². The third-order valence-corrected chi connectivity index (χ3v) is 2.59. The summed E-state index contributed by atoms with van der Waals surface area (Å²) in [4.78, 5) is 11.5. The second-order valence-corrected chi connectivity index (χ2v) is 4.50. The molecule has 0 aliphatic carbocycles. The average molecular weight is 222 g/mol. The molecule has 0 bridgehead atoms. The molecule has 4 heteroatoms. The Morgan fingerprint density at radius 2 is 2.19 bits per heavy atom. The number of carbonyl (C=O) groups is 1. The molecule has 4 nitrogen and oxygen atoms in total. The number of benzene rings is 1. The van der Waals surface area contributed by atoms with Gasteiger partial charge in [0.2, 0.25) is 0 Å². The van der Waals surface area contributed by atoms with E-state index in [-0.39, 0.29) is 11.4 Å². The van der Waals surface area contributed by atoms with Gasteiger partial charge in [0.25, 0.3) is 0 Å². The van der Waals surface area contributed by atoms with Gasteiger partial charge in [-0.3, -0.25) is 0 Å². The molecule has 0 atom stereocenters. The molecule has 0 spiro atoms. The normalized spacial score (nSPS) is 16.4. The van der Waals surface area contributed by atoms with E-state index in [0.717, 1.165) is 5.56 Å². The number of rotatable bonds is 1. The average Bonchev–Trinajstić information content (AvgIpc) is 2.49. The van der Waals surface area contributed by atoms with Crippen molar-refractivity contribution < 1.29 is 19.4 Å². The Morgan fingerprint density at radius 3 is 2.81 bits per heavy atom. The molecular weight excluding hydrogens is 208 g/mol. The van der Waals surface area contributed by atoms with Gasteiger partial charge in [-0.05, 0) is 19.9 Å². The highest BCUT2D eigenvalue weighted by molar-refractivity contribution is 5.92. The third-order valence-electron chi connectivity index (χ3n) is 2.59. The molecule has 86 valence electrons. The first-order chi connectivity index (χ1) is 7.43. The van der Waals surface area contributed by atoms with Gasteiger partial charge >= 0.3 is 5.97 Å². The summed E-state index contributed by atoms with van der Waals surface area (Å²) in [6.07, 6.45) is 0.632. The van der Waals surface area contributed by atoms with Crippen LogP contribution < -0.4 is 4.74 Å². The Labute approximate surface area is 93.8 Å². The van der Waals surface area contributed by atoms with E-state index in [1.165, 1.54) is 19.2 Å². The third kappa shape index (κ3) is 1.71. The monoisotopic (exact) mass is 222 g/mol. The molecule has 0 amide bonds. The Hall–Kier alpha value is -1.71. The molecule has 1 N–H and O–H groups in total. The quantitative estimate of drug-likeness (QED) is 0.737. The molecule has 0 unspecified atom stereocenters. The summed E-state index contributed by atoms with van der Waals surface area (Å²) in [6, 6.07) is 2.94. The zero-order chi connectivity index (χ0) is 11.9. The molecule has 0 saturated carbocycles. The predicted octanol–water partition coefficient (Wildman–Crippen LogP) is 1.89. The lowest BCUT2D eigenvalue weighted by molar-refractivity contribution is 0.0599. The van der Waals surface area contributed by atoms with Crippen molar-refractivity contribution in [2.75, 3.05) is 7.11 Å². The molecular formula is C12H14O4. The summed E-state index contributed by atoms with van der Waals surface area (Å²) in [6.45, 7) is 3.87. The number of carbonyl (C=O) groups excluding carboxylic acids is 1. The van der Waals surface area contributed by atoms with Crippen LogP contribution in [0.5, 0.6) is 11.5 Å². The highest BCUT2D eigenvalue weighted by Crippen LogP contribution is 2.39. The molecule has 1 heterocycles. The van der Waals surface area contributed by atoms with Crippen molar-refractivity contribution in [2.24, 2.45) is 0 Å². The number of esters is 1. The van der Waals surface area contributed by atoms with Gasteiger partial charge in [-0.2, -0.15) is 0 Å². The van der Waals surface area contributed by atoms with E-state index >= 15 is 0 Å². The first-order valence-corrected chi connectivity index (χ1v) is 5.06. The zero-order valence-electron chi connectivity index (χ0n) is 9.53. The van der Waals surface area contributed by atoms with Crippen molar-refractivity contribution in [3.05, 3.63) is 23.3 Å².